The van der Waals surface area contributed by atoms with E-state index in [9.17, 15) is 4.79 Å². The molecule has 1 aliphatic rings. The summed E-state index contributed by atoms with van der Waals surface area (Å²) in [6, 6.07) is 0. The van der Waals surface area contributed by atoms with E-state index in [0.717, 1.165) is 25.6 Å². The van der Waals surface area contributed by atoms with Crippen molar-refractivity contribution in [3.63, 3.8) is 0 Å². The number of nitrogens with one attached hydrogen (secondary N) is 2. The van der Waals surface area contributed by atoms with Crippen molar-refractivity contribution in [1.29, 1.82) is 0 Å². The van der Waals surface area contributed by atoms with E-state index in [1.165, 1.54) is 19.3 Å². The van der Waals surface area contributed by atoms with Crippen LogP contribution >= 0.6 is 0 Å². The summed E-state index contributed by atoms with van der Waals surface area (Å²) in [5.41, 5.74) is 0. The molecule has 3 atom stereocenters. The Labute approximate surface area is 99.4 Å². The van der Waals surface area contributed by atoms with Crippen LogP contribution in [0.4, 0.5) is 0 Å². The van der Waals surface area contributed by atoms with Gasteiger partial charge >= 0.3 is 0 Å². The van der Waals surface area contributed by atoms with E-state index in [1.54, 1.807) is 0 Å². The van der Waals surface area contributed by atoms with Crippen LogP contribution < -0.4 is 10.6 Å². The van der Waals surface area contributed by atoms with E-state index in [1.807, 2.05) is 6.92 Å². The van der Waals surface area contributed by atoms with Crippen molar-refractivity contribution < 1.29 is 4.79 Å². The summed E-state index contributed by atoms with van der Waals surface area (Å²) in [6.07, 6.45) is 3.89. The summed E-state index contributed by atoms with van der Waals surface area (Å²) in [4.78, 5) is 11.7. The first-order valence-electron chi connectivity index (χ1n) is 6.61. The van der Waals surface area contributed by atoms with Crippen LogP contribution in [0.1, 0.15) is 40.0 Å². The maximum atomic E-state index is 11.7. The van der Waals surface area contributed by atoms with Crippen molar-refractivity contribution >= 4 is 5.91 Å². The Bertz CT molecular complexity index is 218. The molecule has 0 aromatic carbocycles. The van der Waals surface area contributed by atoms with E-state index >= 15 is 0 Å². The zero-order chi connectivity index (χ0) is 12.0. The molecule has 1 fully saturated rings. The topological polar surface area (TPSA) is 41.1 Å². The van der Waals surface area contributed by atoms with Gasteiger partial charge in [-0.05, 0) is 31.2 Å². The monoisotopic (exact) mass is 226 g/mol. The Morgan fingerprint density at radius 2 is 2.19 bits per heavy atom. The van der Waals surface area contributed by atoms with Gasteiger partial charge in [0.2, 0.25) is 5.91 Å². The van der Waals surface area contributed by atoms with Gasteiger partial charge in [-0.3, -0.25) is 4.79 Å². The van der Waals surface area contributed by atoms with Crippen LogP contribution in [0.15, 0.2) is 0 Å². The molecule has 1 aliphatic carbocycles. The maximum Gasteiger partial charge on any atom is 0.224 e. The van der Waals surface area contributed by atoms with Gasteiger partial charge in [0.05, 0.1) is 0 Å². The first-order chi connectivity index (χ1) is 7.63. The normalized spacial score (nSPS) is 26.7. The van der Waals surface area contributed by atoms with Crippen LogP contribution in [0.5, 0.6) is 0 Å². The molecular formula is C13H26N2O. The van der Waals surface area contributed by atoms with Crippen molar-refractivity contribution in [1.82, 2.24) is 10.6 Å². The lowest BCUT2D eigenvalue weighted by molar-refractivity contribution is -0.124. The summed E-state index contributed by atoms with van der Waals surface area (Å²) >= 11 is 0. The molecule has 1 amide bonds. The number of amides is 1. The van der Waals surface area contributed by atoms with E-state index in [4.69, 9.17) is 0 Å². The molecular weight excluding hydrogens is 200 g/mol. The third-order valence-corrected chi connectivity index (χ3v) is 3.52. The summed E-state index contributed by atoms with van der Waals surface area (Å²) in [5.74, 6) is 1.84. The minimum absolute atomic E-state index is 0.0822. The lowest BCUT2D eigenvalue weighted by Gasteiger charge is -2.15. The lowest BCUT2D eigenvalue weighted by Crippen LogP contribution is -2.37. The molecule has 0 bridgehead atoms. The van der Waals surface area contributed by atoms with Gasteiger partial charge in [-0.15, -0.1) is 0 Å². The number of rotatable bonds is 6. The second kappa shape index (κ2) is 6.89. The molecule has 3 unspecified atom stereocenters. The van der Waals surface area contributed by atoms with Crippen LogP contribution in [0.3, 0.4) is 0 Å². The Morgan fingerprint density at radius 3 is 2.75 bits per heavy atom. The van der Waals surface area contributed by atoms with Crippen molar-refractivity contribution in [2.45, 2.75) is 40.0 Å². The Balaban J connectivity index is 2.14. The number of hydrogen-bond donors (Lipinski definition) is 2. The second-order valence-corrected chi connectivity index (χ2v) is 5.24. The van der Waals surface area contributed by atoms with Gasteiger partial charge in [-0.1, -0.05) is 27.2 Å². The fourth-order valence-electron chi connectivity index (χ4n) is 2.38. The van der Waals surface area contributed by atoms with E-state index in [-0.39, 0.29) is 11.8 Å². The quantitative estimate of drug-likeness (QED) is 0.725. The Morgan fingerprint density at radius 1 is 1.44 bits per heavy atom. The molecule has 0 heterocycles. The Hall–Kier alpha value is -0.570. The minimum Gasteiger partial charge on any atom is -0.356 e. The van der Waals surface area contributed by atoms with Crippen LogP contribution in [0, 0.1) is 17.8 Å². The van der Waals surface area contributed by atoms with Crippen LogP contribution in [-0.4, -0.2) is 25.5 Å². The molecule has 3 nitrogen and oxygen atoms in total. The van der Waals surface area contributed by atoms with Gasteiger partial charge in [-0.25, -0.2) is 0 Å². The fraction of sp³-hybridized carbons (Fsp3) is 0.923. The third-order valence-electron chi connectivity index (χ3n) is 3.52. The first kappa shape index (κ1) is 13.5. The molecule has 0 spiro atoms. The first-order valence-corrected chi connectivity index (χ1v) is 6.61. The largest absolute Gasteiger partial charge is 0.356 e. The highest BCUT2D eigenvalue weighted by Gasteiger charge is 2.22. The van der Waals surface area contributed by atoms with E-state index in [0.29, 0.717) is 5.92 Å². The standard InChI is InChI=1S/C13H26N2O/c1-4-14-8-11(3)13(16)15-9-12-6-5-10(2)7-12/h10-12,14H,4-9H2,1-3H3,(H,15,16). The average molecular weight is 226 g/mol. The number of hydrogen-bond acceptors (Lipinski definition) is 2. The molecule has 2 N–H and O–H groups in total. The molecule has 0 aromatic heterocycles. The number of carbonyl (C=O) groups is 1. The average Bonchev–Trinajstić information content (AvgIpc) is 2.68. The van der Waals surface area contributed by atoms with Gasteiger partial charge in [0.15, 0.2) is 0 Å². The van der Waals surface area contributed by atoms with Crippen molar-refractivity contribution in [2.75, 3.05) is 19.6 Å². The molecule has 94 valence electrons. The summed E-state index contributed by atoms with van der Waals surface area (Å²) < 4.78 is 0. The van der Waals surface area contributed by atoms with Gasteiger partial charge in [-0.2, -0.15) is 0 Å². The lowest BCUT2D eigenvalue weighted by atomic mass is 10.1. The molecule has 0 radical (unpaired) electrons. The smallest absolute Gasteiger partial charge is 0.224 e. The molecule has 3 heteroatoms. The van der Waals surface area contributed by atoms with E-state index in [2.05, 4.69) is 24.5 Å². The second-order valence-electron chi connectivity index (χ2n) is 5.24. The van der Waals surface area contributed by atoms with Gasteiger partial charge in [0.25, 0.3) is 0 Å². The highest BCUT2D eigenvalue weighted by molar-refractivity contribution is 5.78. The fourth-order valence-corrected chi connectivity index (χ4v) is 2.38. The van der Waals surface area contributed by atoms with Gasteiger partial charge in [0, 0.05) is 19.0 Å². The third kappa shape index (κ3) is 4.52. The molecule has 0 saturated heterocycles. The van der Waals surface area contributed by atoms with Crippen molar-refractivity contribution in [3.05, 3.63) is 0 Å². The van der Waals surface area contributed by atoms with Gasteiger partial charge < -0.3 is 10.6 Å². The maximum absolute atomic E-state index is 11.7. The predicted molar refractivity (Wildman–Crippen MR) is 67.2 cm³/mol. The predicted octanol–water partition coefficient (Wildman–Crippen LogP) is 1.78. The number of carbonyl (C=O) groups excluding carboxylic acids is 1. The molecule has 0 aliphatic heterocycles. The molecule has 16 heavy (non-hydrogen) atoms. The minimum atomic E-state index is 0.0822. The van der Waals surface area contributed by atoms with Crippen LogP contribution in [0.2, 0.25) is 0 Å². The van der Waals surface area contributed by atoms with Gasteiger partial charge in [0.1, 0.15) is 0 Å². The summed E-state index contributed by atoms with van der Waals surface area (Å²) in [5, 5.41) is 6.28. The van der Waals surface area contributed by atoms with Crippen LogP contribution in [-0.2, 0) is 4.79 Å². The molecule has 1 saturated carbocycles. The Kier molecular flexibility index (Phi) is 5.81. The van der Waals surface area contributed by atoms with E-state index < -0.39 is 0 Å². The highest BCUT2D eigenvalue weighted by Crippen LogP contribution is 2.29. The SMILES string of the molecule is CCNCC(C)C(=O)NCC1CCC(C)C1. The van der Waals surface area contributed by atoms with Crippen LogP contribution in [0.25, 0.3) is 0 Å². The van der Waals surface area contributed by atoms with Crippen molar-refractivity contribution in [3.8, 4) is 0 Å². The zero-order valence-electron chi connectivity index (χ0n) is 10.9. The highest BCUT2D eigenvalue weighted by atomic mass is 16.1. The molecule has 1 rings (SSSR count). The summed E-state index contributed by atoms with van der Waals surface area (Å²) in [7, 11) is 0. The summed E-state index contributed by atoms with van der Waals surface area (Å²) in [6.45, 7) is 8.93. The van der Waals surface area contributed by atoms with Crippen molar-refractivity contribution in [2.24, 2.45) is 17.8 Å². The zero-order valence-corrected chi connectivity index (χ0v) is 10.9. The molecule has 0 aromatic rings.